The molecule has 2 rings (SSSR count). The van der Waals surface area contributed by atoms with Crippen molar-refractivity contribution in [1.82, 2.24) is 9.88 Å². The van der Waals surface area contributed by atoms with E-state index in [-0.39, 0.29) is 19.3 Å². The number of nitrogens with one attached hydrogen (secondary N) is 1. The van der Waals surface area contributed by atoms with Crippen molar-refractivity contribution < 1.29 is 19.4 Å². The molecule has 6 nitrogen and oxygen atoms in total. The van der Waals surface area contributed by atoms with Gasteiger partial charge in [0.2, 0.25) is 0 Å². The number of H-pyrrole nitrogens is 1. The summed E-state index contributed by atoms with van der Waals surface area (Å²) >= 11 is 0. The van der Waals surface area contributed by atoms with E-state index < -0.39 is 11.9 Å². The van der Waals surface area contributed by atoms with Crippen LogP contribution in [0, 0.1) is 0 Å². The van der Waals surface area contributed by atoms with Crippen molar-refractivity contribution in [3.05, 3.63) is 30.0 Å². The lowest BCUT2D eigenvalue weighted by atomic mass is 10.1. The molecule has 0 aliphatic rings. The van der Waals surface area contributed by atoms with E-state index in [0.717, 1.165) is 55.4 Å². The summed E-state index contributed by atoms with van der Waals surface area (Å²) in [5.74, 6) is -0.752. The third-order valence-corrected chi connectivity index (χ3v) is 4.52. The summed E-state index contributed by atoms with van der Waals surface area (Å²) < 4.78 is 5.54. The van der Waals surface area contributed by atoms with Crippen molar-refractivity contribution in [2.24, 2.45) is 0 Å². The molecule has 0 atom stereocenters. The van der Waals surface area contributed by atoms with Crippen LogP contribution >= 0.6 is 0 Å². The minimum absolute atomic E-state index is 0.0284. The average Bonchev–Trinajstić information content (AvgIpc) is 3.04. The zero-order valence-electron chi connectivity index (χ0n) is 16.3. The van der Waals surface area contributed by atoms with Gasteiger partial charge in [-0.15, -0.1) is 0 Å². The highest BCUT2D eigenvalue weighted by Gasteiger charge is 2.14. The first-order valence-electron chi connectivity index (χ1n) is 9.79. The molecular weight excluding hydrogens is 344 g/mol. The summed E-state index contributed by atoms with van der Waals surface area (Å²) in [6.07, 6.45) is 5.49. The van der Waals surface area contributed by atoms with Gasteiger partial charge < -0.3 is 19.7 Å². The number of benzene rings is 1. The van der Waals surface area contributed by atoms with Crippen LogP contribution in [0.3, 0.4) is 0 Å². The van der Waals surface area contributed by atoms with Gasteiger partial charge in [0.05, 0.1) is 0 Å². The summed E-state index contributed by atoms with van der Waals surface area (Å²) in [6, 6.07) is 5.62. The normalized spacial score (nSPS) is 11.2. The Labute approximate surface area is 160 Å². The van der Waals surface area contributed by atoms with Gasteiger partial charge in [-0.3, -0.25) is 9.59 Å². The molecule has 0 spiro atoms. The molecule has 0 unspecified atom stereocenters. The lowest BCUT2D eigenvalue weighted by Gasteiger charge is -2.20. The number of fused-ring (bicyclic) bond motifs is 1. The van der Waals surface area contributed by atoms with Gasteiger partial charge in [-0.2, -0.15) is 0 Å². The van der Waals surface area contributed by atoms with Gasteiger partial charge in [-0.25, -0.2) is 0 Å². The third-order valence-electron chi connectivity index (χ3n) is 4.52. The van der Waals surface area contributed by atoms with Gasteiger partial charge in [0, 0.05) is 36.5 Å². The summed E-state index contributed by atoms with van der Waals surface area (Å²) in [7, 11) is 0. The largest absolute Gasteiger partial charge is 0.481 e. The van der Waals surface area contributed by atoms with Crippen LogP contribution in [0.5, 0.6) is 5.75 Å². The molecule has 27 heavy (non-hydrogen) atoms. The van der Waals surface area contributed by atoms with E-state index in [1.54, 1.807) is 6.07 Å². The highest BCUT2D eigenvalue weighted by atomic mass is 16.5. The van der Waals surface area contributed by atoms with E-state index in [2.05, 4.69) is 23.7 Å². The fourth-order valence-corrected chi connectivity index (χ4v) is 3.31. The predicted molar refractivity (Wildman–Crippen MR) is 106 cm³/mol. The van der Waals surface area contributed by atoms with Crippen LogP contribution in [0.2, 0.25) is 0 Å². The highest BCUT2D eigenvalue weighted by Crippen LogP contribution is 2.29. The second-order valence-corrected chi connectivity index (χ2v) is 6.81. The van der Waals surface area contributed by atoms with Crippen LogP contribution in [0.1, 0.15) is 51.5 Å². The molecule has 1 aromatic carbocycles. The SMILES string of the molecule is CCCN(CCC)CCc1c[nH]c2cccc(OC(=O)CCCC(=O)O)c12. The molecule has 0 fully saturated rings. The molecule has 0 amide bonds. The number of ether oxygens (including phenoxy) is 1. The Bertz CT molecular complexity index is 748. The van der Waals surface area contributed by atoms with Crippen LogP contribution < -0.4 is 4.74 Å². The van der Waals surface area contributed by atoms with Gasteiger partial charge in [-0.1, -0.05) is 19.9 Å². The van der Waals surface area contributed by atoms with Gasteiger partial charge in [0.15, 0.2) is 0 Å². The number of nitrogens with zero attached hydrogens (tertiary/aromatic N) is 1. The van der Waals surface area contributed by atoms with Crippen molar-refractivity contribution in [3.63, 3.8) is 0 Å². The molecule has 148 valence electrons. The summed E-state index contributed by atoms with van der Waals surface area (Å²) in [5.41, 5.74) is 2.08. The number of carboxylic acids is 1. The smallest absolute Gasteiger partial charge is 0.311 e. The Kier molecular flexibility index (Phi) is 8.33. The van der Waals surface area contributed by atoms with E-state index >= 15 is 0 Å². The number of aromatic amines is 1. The maximum Gasteiger partial charge on any atom is 0.311 e. The standard InChI is InChI=1S/C21H30N2O4/c1-3-12-23(13-4-2)14-11-16-15-22-17-7-5-8-18(21(16)17)27-20(26)10-6-9-19(24)25/h5,7-8,15,22H,3-4,6,9-14H2,1-2H3,(H,24,25). The van der Waals surface area contributed by atoms with Gasteiger partial charge in [-0.05, 0) is 56.5 Å². The van der Waals surface area contributed by atoms with E-state index in [4.69, 9.17) is 9.84 Å². The van der Waals surface area contributed by atoms with E-state index in [9.17, 15) is 9.59 Å². The van der Waals surface area contributed by atoms with Crippen molar-refractivity contribution in [3.8, 4) is 5.75 Å². The van der Waals surface area contributed by atoms with Crippen LogP contribution in [-0.2, 0) is 16.0 Å². The molecule has 0 aliphatic carbocycles. The zero-order chi connectivity index (χ0) is 19.6. The number of aliphatic carboxylic acids is 1. The number of carbonyl (C=O) groups is 2. The number of aromatic nitrogens is 1. The number of hydrogen-bond donors (Lipinski definition) is 2. The fourth-order valence-electron chi connectivity index (χ4n) is 3.31. The Morgan fingerprint density at radius 1 is 1.11 bits per heavy atom. The molecular formula is C21H30N2O4. The third kappa shape index (κ3) is 6.40. The zero-order valence-corrected chi connectivity index (χ0v) is 16.3. The molecule has 1 heterocycles. The number of esters is 1. The summed E-state index contributed by atoms with van der Waals surface area (Å²) in [5, 5.41) is 9.63. The molecule has 6 heteroatoms. The monoisotopic (exact) mass is 374 g/mol. The highest BCUT2D eigenvalue weighted by molar-refractivity contribution is 5.91. The first kappa shape index (κ1) is 21.0. The van der Waals surface area contributed by atoms with E-state index in [1.165, 1.54) is 0 Å². The topological polar surface area (TPSA) is 82.6 Å². The molecule has 0 bridgehead atoms. The molecule has 0 saturated carbocycles. The Balaban J connectivity index is 2.08. The van der Waals surface area contributed by atoms with E-state index in [1.807, 2.05) is 18.3 Å². The first-order valence-corrected chi connectivity index (χ1v) is 9.79. The number of carboxylic acid groups (broad SMARTS) is 1. The molecule has 0 saturated heterocycles. The lowest BCUT2D eigenvalue weighted by molar-refractivity contribution is -0.137. The quantitative estimate of drug-likeness (QED) is 0.433. The van der Waals surface area contributed by atoms with Crippen molar-refractivity contribution >= 4 is 22.8 Å². The average molecular weight is 374 g/mol. The number of hydrogen-bond acceptors (Lipinski definition) is 4. The second kappa shape index (κ2) is 10.7. The van der Waals surface area contributed by atoms with E-state index in [0.29, 0.717) is 5.75 Å². The van der Waals surface area contributed by atoms with Crippen LogP contribution in [0.15, 0.2) is 24.4 Å². The van der Waals surface area contributed by atoms with Crippen molar-refractivity contribution in [2.75, 3.05) is 19.6 Å². The van der Waals surface area contributed by atoms with Crippen LogP contribution in [0.4, 0.5) is 0 Å². The van der Waals surface area contributed by atoms with Crippen LogP contribution in [-0.4, -0.2) is 46.6 Å². The first-order chi connectivity index (χ1) is 13.0. The Morgan fingerprint density at radius 3 is 2.52 bits per heavy atom. The maximum atomic E-state index is 12.1. The summed E-state index contributed by atoms with van der Waals surface area (Å²) in [6.45, 7) is 7.52. The molecule has 2 N–H and O–H groups in total. The Morgan fingerprint density at radius 2 is 1.85 bits per heavy atom. The maximum absolute atomic E-state index is 12.1. The minimum Gasteiger partial charge on any atom is -0.481 e. The molecule has 1 aromatic heterocycles. The van der Waals surface area contributed by atoms with Crippen molar-refractivity contribution in [1.29, 1.82) is 0 Å². The lowest BCUT2D eigenvalue weighted by Crippen LogP contribution is -2.27. The van der Waals surface area contributed by atoms with Gasteiger partial charge >= 0.3 is 11.9 Å². The number of carbonyl (C=O) groups excluding carboxylic acids is 1. The fraction of sp³-hybridized carbons (Fsp3) is 0.524. The number of rotatable bonds is 12. The predicted octanol–water partition coefficient (Wildman–Crippen LogP) is 3.99. The minimum atomic E-state index is -0.901. The molecule has 0 radical (unpaired) electrons. The second-order valence-electron chi connectivity index (χ2n) is 6.81. The van der Waals surface area contributed by atoms with Gasteiger partial charge in [0.25, 0.3) is 0 Å². The van der Waals surface area contributed by atoms with Gasteiger partial charge in [0.1, 0.15) is 5.75 Å². The molecule has 0 aliphatic heterocycles. The Hall–Kier alpha value is -2.34. The summed E-state index contributed by atoms with van der Waals surface area (Å²) in [4.78, 5) is 28.4. The van der Waals surface area contributed by atoms with Crippen molar-refractivity contribution in [2.45, 2.75) is 52.4 Å². The molecule has 2 aromatic rings. The van der Waals surface area contributed by atoms with Crippen LogP contribution in [0.25, 0.3) is 10.9 Å².